The summed E-state index contributed by atoms with van der Waals surface area (Å²) in [5.74, 6) is 0.926. The van der Waals surface area contributed by atoms with Gasteiger partial charge in [-0.25, -0.2) is 4.39 Å². The van der Waals surface area contributed by atoms with Gasteiger partial charge < -0.3 is 10.3 Å². The van der Waals surface area contributed by atoms with E-state index in [2.05, 4.69) is 24.0 Å². The number of aromatic nitrogens is 2. The Hall–Kier alpha value is -1.75. The van der Waals surface area contributed by atoms with Gasteiger partial charge in [-0.2, -0.15) is 4.98 Å². The zero-order valence-corrected chi connectivity index (χ0v) is 11.4. The third kappa shape index (κ3) is 3.17. The van der Waals surface area contributed by atoms with Crippen LogP contribution >= 0.6 is 0 Å². The van der Waals surface area contributed by atoms with Gasteiger partial charge in [0.05, 0.1) is 6.04 Å². The van der Waals surface area contributed by atoms with Crippen molar-refractivity contribution in [3.63, 3.8) is 0 Å². The molecule has 1 unspecified atom stereocenters. The number of hydrogen-bond donors (Lipinski definition) is 1. The molecule has 2 aromatic rings. The van der Waals surface area contributed by atoms with Crippen LogP contribution in [0, 0.1) is 18.7 Å². The molecule has 1 aromatic carbocycles. The van der Waals surface area contributed by atoms with E-state index in [1.807, 2.05) is 0 Å². The Bertz CT molecular complexity index is 566. The molecule has 0 radical (unpaired) electrons. The topological polar surface area (TPSA) is 64.9 Å². The third-order valence-electron chi connectivity index (χ3n) is 2.91. The lowest BCUT2D eigenvalue weighted by molar-refractivity contribution is 0.335. The van der Waals surface area contributed by atoms with Crippen LogP contribution in [0.2, 0.25) is 0 Å². The normalized spacial score (nSPS) is 12.9. The first-order valence-corrected chi connectivity index (χ1v) is 6.33. The fourth-order valence-corrected chi connectivity index (χ4v) is 1.84. The molecule has 0 amide bonds. The van der Waals surface area contributed by atoms with E-state index in [4.69, 9.17) is 10.3 Å². The zero-order valence-electron chi connectivity index (χ0n) is 11.4. The standard InChI is InChI=1S/C14H18FN3O/c1-8(2)6-12(16)14-17-13(18-19-14)10-5-4-9(3)11(15)7-10/h4-5,7-8,12H,6,16H2,1-3H3. The van der Waals surface area contributed by atoms with E-state index >= 15 is 0 Å². The number of halogens is 1. The highest BCUT2D eigenvalue weighted by Crippen LogP contribution is 2.22. The number of rotatable bonds is 4. The molecule has 0 bridgehead atoms. The number of nitrogens with zero attached hydrogens (tertiary/aromatic N) is 2. The zero-order chi connectivity index (χ0) is 14.0. The Morgan fingerprint density at radius 3 is 2.74 bits per heavy atom. The molecule has 0 saturated carbocycles. The molecule has 1 atom stereocenters. The molecular weight excluding hydrogens is 245 g/mol. The van der Waals surface area contributed by atoms with Gasteiger partial charge >= 0.3 is 0 Å². The summed E-state index contributed by atoms with van der Waals surface area (Å²) in [7, 11) is 0. The smallest absolute Gasteiger partial charge is 0.243 e. The van der Waals surface area contributed by atoms with Crippen molar-refractivity contribution >= 4 is 0 Å². The molecule has 0 spiro atoms. The van der Waals surface area contributed by atoms with Crippen LogP contribution in [0.3, 0.4) is 0 Å². The molecule has 5 heteroatoms. The van der Waals surface area contributed by atoms with E-state index in [0.717, 1.165) is 6.42 Å². The van der Waals surface area contributed by atoms with Gasteiger partial charge in [0.1, 0.15) is 5.82 Å². The van der Waals surface area contributed by atoms with E-state index in [1.165, 1.54) is 6.07 Å². The summed E-state index contributed by atoms with van der Waals surface area (Å²) in [5.41, 5.74) is 7.15. The van der Waals surface area contributed by atoms with Crippen LogP contribution in [0.5, 0.6) is 0 Å². The number of hydrogen-bond acceptors (Lipinski definition) is 4. The monoisotopic (exact) mass is 263 g/mol. The van der Waals surface area contributed by atoms with Crippen LogP contribution in [0.1, 0.15) is 37.8 Å². The van der Waals surface area contributed by atoms with Gasteiger partial charge in [0.15, 0.2) is 0 Å². The summed E-state index contributed by atoms with van der Waals surface area (Å²) in [6.45, 7) is 5.86. The van der Waals surface area contributed by atoms with Gasteiger partial charge in [-0.05, 0) is 30.9 Å². The molecule has 1 aromatic heterocycles. The van der Waals surface area contributed by atoms with Gasteiger partial charge in [0, 0.05) is 5.56 Å². The van der Waals surface area contributed by atoms with Crippen molar-refractivity contribution in [2.24, 2.45) is 11.7 Å². The van der Waals surface area contributed by atoms with Crippen molar-refractivity contribution in [1.82, 2.24) is 10.1 Å². The fraction of sp³-hybridized carbons (Fsp3) is 0.429. The molecule has 4 nitrogen and oxygen atoms in total. The van der Waals surface area contributed by atoms with E-state index in [1.54, 1.807) is 19.1 Å². The van der Waals surface area contributed by atoms with Crippen molar-refractivity contribution < 1.29 is 8.91 Å². The molecule has 2 rings (SSSR count). The minimum atomic E-state index is -0.282. The molecule has 1 heterocycles. The highest BCUT2D eigenvalue weighted by Gasteiger charge is 2.17. The number of benzene rings is 1. The first-order valence-electron chi connectivity index (χ1n) is 6.33. The molecule has 0 saturated heterocycles. The predicted octanol–water partition coefficient (Wildman–Crippen LogP) is 3.23. The van der Waals surface area contributed by atoms with Crippen LogP contribution < -0.4 is 5.73 Å². The fourth-order valence-electron chi connectivity index (χ4n) is 1.84. The second-order valence-corrected chi connectivity index (χ2v) is 5.16. The lowest BCUT2D eigenvalue weighted by Crippen LogP contribution is -2.13. The summed E-state index contributed by atoms with van der Waals surface area (Å²) in [6.07, 6.45) is 0.768. The SMILES string of the molecule is Cc1ccc(-c2noc(C(N)CC(C)C)n2)cc1F. The maximum atomic E-state index is 13.5. The minimum Gasteiger partial charge on any atom is -0.337 e. The van der Waals surface area contributed by atoms with Gasteiger partial charge in [0.25, 0.3) is 0 Å². The van der Waals surface area contributed by atoms with Crippen LogP contribution in [-0.2, 0) is 0 Å². The molecule has 2 N–H and O–H groups in total. The predicted molar refractivity (Wildman–Crippen MR) is 70.8 cm³/mol. The summed E-state index contributed by atoms with van der Waals surface area (Å²) in [5, 5.41) is 3.85. The van der Waals surface area contributed by atoms with E-state index < -0.39 is 0 Å². The van der Waals surface area contributed by atoms with Gasteiger partial charge in [0.2, 0.25) is 11.7 Å². The molecular formula is C14H18FN3O. The van der Waals surface area contributed by atoms with Crippen LogP contribution in [0.25, 0.3) is 11.4 Å². The third-order valence-corrected chi connectivity index (χ3v) is 2.91. The van der Waals surface area contributed by atoms with Gasteiger partial charge in [-0.3, -0.25) is 0 Å². The summed E-state index contributed by atoms with van der Waals surface area (Å²) in [6, 6.07) is 4.57. The van der Waals surface area contributed by atoms with E-state index in [0.29, 0.717) is 28.8 Å². The maximum absolute atomic E-state index is 13.5. The Labute approximate surface area is 111 Å². The van der Waals surface area contributed by atoms with Gasteiger partial charge in [-0.1, -0.05) is 31.1 Å². The largest absolute Gasteiger partial charge is 0.337 e. The first kappa shape index (κ1) is 13.7. The molecule has 102 valence electrons. The quantitative estimate of drug-likeness (QED) is 0.919. The average molecular weight is 263 g/mol. The molecule has 0 aliphatic carbocycles. The van der Waals surface area contributed by atoms with Crippen molar-refractivity contribution in [2.45, 2.75) is 33.2 Å². The van der Waals surface area contributed by atoms with E-state index in [-0.39, 0.29) is 11.9 Å². The lowest BCUT2D eigenvalue weighted by atomic mass is 10.0. The molecule has 0 fully saturated rings. The van der Waals surface area contributed by atoms with E-state index in [9.17, 15) is 4.39 Å². The molecule has 19 heavy (non-hydrogen) atoms. The number of nitrogens with two attached hydrogens (primary N) is 1. The number of aryl methyl sites for hydroxylation is 1. The summed E-state index contributed by atoms with van der Waals surface area (Å²) in [4.78, 5) is 4.23. The Morgan fingerprint density at radius 2 is 2.11 bits per heavy atom. The van der Waals surface area contributed by atoms with Crippen molar-refractivity contribution in [3.05, 3.63) is 35.5 Å². The van der Waals surface area contributed by atoms with Crippen molar-refractivity contribution in [3.8, 4) is 11.4 Å². The van der Waals surface area contributed by atoms with Crippen LogP contribution in [-0.4, -0.2) is 10.1 Å². The highest BCUT2D eigenvalue weighted by molar-refractivity contribution is 5.54. The highest BCUT2D eigenvalue weighted by atomic mass is 19.1. The average Bonchev–Trinajstić information content (AvgIpc) is 2.81. The van der Waals surface area contributed by atoms with Crippen molar-refractivity contribution in [2.75, 3.05) is 0 Å². The summed E-state index contributed by atoms with van der Waals surface area (Å²) < 4.78 is 18.6. The Kier molecular flexibility index (Phi) is 3.95. The second-order valence-electron chi connectivity index (χ2n) is 5.16. The molecule has 0 aliphatic rings. The minimum absolute atomic E-state index is 0.281. The second kappa shape index (κ2) is 5.48. The Balaban J connectivity index is 2.22. The summed E-state index contributed by atoms with van der Waals surface area (Å²) >= 11 is 0. The lowest BCUT2D eigenvalue weighted by Gasteiger charge is -2.08. The first-order chi connectivity index (χ1) is 8.97. The maximum Gasteiger partial charge on any atom is 0.243 e. The van der Waals surface area contributed by atoms with Crippen LogP contribution in [0.15, 0.2) is 22.7 Å². The van der Waals surface area contributed by atoms with Gasteiger partial charge in [-0.15, -0.1) is 0 Å². The van der Waals surface area contributed by atoms with Crippen LogP contribution in [0.4, 0.5) is 4.39 Å². The Morgan fingerprint density at radius 1 is 1.37 bits per heavy atom. The van der Waals surface area contributed by atoms with Crippen molar-refractivity contribution in [1.29, 1.82) is 0 Å². The molecule has 0 aliphatic heterocycles.